The van der Waals surface area contributed by atoms with Crippen LogP contribution in [-0.2, 0) is 4.79 Å². The number of nitrogens with one attached hydrogen (secondary N) is 1. The summed E-state index contributed by atoms with van der Waals surface area (Å²) in [7, 11) is 0. The molecule has 1 atom stereocenters. The summed E-state index contributed by atoms with van der Waals surface area (Å²) in [5.41, 5.74) is 0. The average molecular weight is 350 g/mol. The summed E-state index contributed by atoms with van der Waals surface area (Å²) >= 11 is 0. The molecule has 0 bridgehead atoms. The van der Waals surface area contributed by atoms with Gasteiger partial charge in [0, 0.05) is 37.9 Å². The van der Waals surface area contributed by atoms with Gasteiger partial charge in [0.15, 0.2) is 11.6 Å². The molecule has 1 unspecified atom stereocenters. The molecule has 3 aromatic heterocycles. The van der Waals surface area contributed by atoms with E-state index in [2.05, 4.69) is 35.4 Å². The molecular weight excluding hydrogens is 332 g/mol. The van der Waals surface area contributed by atoms with Crippen molar-refractivity contribution in [3.63, 3.8) is 0 Å². The summed E-state index contributed by atoms with van der Waals surface area (Å²) in [6.45, 7) is 1.45. The number of amides is 1. The molecule has 0 saturated carbocycles. The summed E-state index contributed by atoms with van der Waals surface area (Å²) in [6, 6.07) is 5.53. The third kappa shape index (κ3) is 3.51. The van der Waals surface area contributed by atoms with Gasteiger partial charge in [-0.25, -0.2) is 15.0 Å². The van der Waals surface area contributed by atoms with E-state index in [1.54, 1.807) is 35.6 Å². The predicted molar refractivity (Wildman–Crippen MR) is 94.8 cm³/mol. The highest BCUT2D eigenvalue weighted by atomic mass is 16.2. The van der Waals surface area contributed by atoms with Gasteiger partial charge in [-0.3, -0.25) is 14.7 Å². The second-order valence-electron chi connectivity index (χ2n) is 6.07. The maximum Gasteiger partial charge on any atom is 0.231 e. The summed E-state index contributed by atoms with van der Waals surface area (Å²) in [5.74, 6) is 1.60. The Morgan fingerprint density at radius 2 is 1.92 bits per heavy atom. The van der Waals surface area contributed by atoms with Crippen LogP contribution in [0.3, 0.4) is 0 Å². The Morgan fingerprint density at radius 1 is 1.12 bits per heavy atom. The topological polar surface area (TPSA) is 102 Å². The fourth-order valence-corrected chi connectivity index (χ4v) is 2.99. The standard InChI is InChI=1S/C17H18N8O/c26-16(21-17-19-6-2-7-20-17)13-3-1-9-24(11-13)14-4-5-15(23-22-14)25-10-8-18-12-25/h2,4-8,10,12-13H,1,3,9,11H2,(H,19,20,21,26). The summed E-state index contributed by atoms with van der Waals surface area (Å²) in [5, 5.41) is 11.3. The van der Waals surface area contributed by atoms with Crippen LogP contribution in [-0.4, -0.2) is 48.7 Å². The van der Waals surface area contributed by atoms with E-state index in [0.29, 0.717) is 18.3 Å². The van der Waals surface area contributed by atoms with Crippen molar-refractivity contribution >= 4 is 17.7 Å². The van der Waals surface area contributed by atoms with Gasteiger partial charge >= 0.3 is 0 Å². The molecule has 1 saturated heterocycles. The average Bonchev–Trinajstić information content (AvgIpc) is 3.24. The van der Waals surface area contributed by atoms with E-state index in [4.69, 9.17) is 0 Å². The molecule has 1 aliphatic heterocycles. The van der Waals surface area contributed by atoms with Crippen LogP contribution in [0.15, 0.2) is 49.3 Å². The number of hydrogen-bond donors (Lipinski definition) is 1. The molecule has 26 heavy (non-hydrogen) atoms. The minimum Gasteiger partial charge on any atom is -0.354 e. The molecule has 0 spiro atoms. The van der Waals surface area contributed by atoms with Gasteiger partial charge in [0.1, 0.15) is 6.33 Å². The van der Waals surface area contributed by atoms with Gasteiger partial charge in [-0.2, -0.15) is 0 Å². The van der Waals surface area contributed by atoms with Crippen molar-refractivity contribution in [1.82, 2.24) is 29.7 Å². The molecule has 9 heteroatoms. The van der Waals surface area contributed by atoms with Crippen molar-refractivity contribution < 1.29 is 4.79 Å². The Bertz CT molecular complexity index is 850. The predicted octanol–water partition coefficient (Wildman–Crippen LogP) is 1.31. The first-order chi connectivity index (χ1) is 12.8. The van der Waals surface area contributed by atoms with Crippen LogP contribution in [0, 0.1) is 5.92 Å². The Morgan fingerprint density at radius 3 is 2.65 bits per heavy atom. The van der Waals surface area contributed by atoms with Crippen molar-refractivity contribution in [2.75, 3.05) is 23.3 Å². The van der Waals surface area contributed by atoms with E-state index in [1.165, 1.54) is 0 Å². The molecule has 0 aliphatic carbocycles. The number of nitrogens with zero attached hydrogens (tertiary/aromatic N) is 7. The fourth-order valence-electron chi connectivity index (χ4n) is 2.99. The first-order valence-electron chi connectivity index (χ1n) is 8.44. The Hall–Kier alpha value is -3.36. The molecule has 4 heterocycles. The molecule has 1 N–H and O–H groups in total. The van der Waals surface area contributed by atoms with Gasteiger partial charge < -0.3 is 4.90 Å². The number of imidazole rings is 1. The fraction of sp³-hybridized carbons (Fsp3) is 0.294. The number of rotatable bonds is 4. The molecular formula is C17H18N8O. The number of carbonyl (C=O) groups excluding carboxylic acids is 1. The maximum atomic E-state index is 12.5. The van der Waals surface area contributed by atoms with E-state index < -0.39 is 0 Å². The number of hydrogen-bond acceptors (Lipinski definition) is 7. The Kier molecular flexibility index (Phi) is 4.50. The monoisotopic (exact) mass is 350 g/mol. The molecule has 0 aromatic carbocycles. The zero-order valence-corrected chi connectivity index (χ0v) is 14.1. The number of carbonyl (C=O) groups is 1. The lowest BCUT2D eigenvalue weighted by Gasteiger charge is -2.32. The first kappa shape index (κ1) is 16.1. The maximum absolute atomic E-state index is 12.5. The van der Waals surface area contributed by atoms with E-state index in [-0.39, 0.29) is 11.8 Å². The normalized spacial score (nSPS) is 17.1. The molecule has 9 nitrogen and oxygen atoms in total. The van der Waals surface area contributed by atoms with E-state index >= 15 is 0 Å². The van der Waals surface area contributed by atoms with Crippen LogP contribution in [0.4, 0.5) is 11.8 Å². The van der Waals surface area contributed by atoms with Gasteiger partial charge in [0.25, 0.3) is 0 Å². The van der Waals surface area contributed by atoms with Gasteiger partial charge in [0.2, 0.25) is 11.9 Å². The molecule has 4 rings (SSSR count). The van der Waals surface area contributed by atoms with Crippen molar-refractivity contribution in [1.29, 1.82) is 0 Å². The van der Waals surface area contributed by atoms with E-state index in [1.807, 2.05) is 18.3 Å². The molecule has 0 radical (unpaired) electrons. The minimum absolute atomic E-state index is 0.0658. The second kappa shape index (κ2) is 7.26. The highest BCUT2D eigenvalue weighted by Crippen LogP contribution is 2.22. The van der Waals surface area contributed by atoms with Crippen LogP contribution in [0.5, 0.6) is 0 Å². The lowest BCUT2D eigenvalue weighted by atomic mass is 9.97. The Balaban J connectivity index is 1.42. The largest absolute Gasteiger partial charge is 0.354 e. The first-order valence-corrected chi connectivity index (χ1v) is 8.44. The second-order valence-corrected chi connectivity index (χ2v) is 6.07. The molecule has 3 aromatic rings. The third-order valence-corrected chi connectivity index (χ3v) is 4.32. The van der Waals surface area contributed by atoms with Crippen molar-refractivity contribution in [2.45, 2.75) is 12.8 Å². The summed E-state index contributed by atoms with van der Waals surface area (Å²) in [6.07, 6.45) is 10.1. The third-order valence-electron chi connectivity index (χ3n) is 4.32. The molecule has 1 aliphatic rings. The smallest absolute Gasteiger partial charge is 0.231 e. The highest BCUT2D eigenvalue weighted by molar-refractivity contribution is 5.91. The number of piperidine rings is 1. The lowest BCUT2D eigenvalue weighted by Crippen LogP contribution is -2.41. The van der Waals surface area contributed by atoms with Gasteiger partial charge in [0.05, 0.1) is 5.92 Å². The molecule has 1 amide bonds. The molecule has 132 valence electrons. The molecule has 1 fully saturated rings. The Labute approximate surface area is 150 Å². The van der Waals surface area contributed by atoms with Gasteiger partial charge in [-0.05, 0) is 31.0 Å². The SMILES string of the molecule is O=C(Nc1ncccn1)C1CCCN(c2ccc(-n3ccnc3)nn2)C1. The van der Waals surface area contributed by atoms with Crippen LogP contribution in [0.1, 0.15) is 12.8 Å². The quantitative estimate of drug-likeness (QED) is 0.757. The highest BCUT2D eigenvalue weighted by Gasteiger charge is 2.27. The van der Waals surface area contributed by atoms with Crippen LogP contribution >= 0.6 is 0 Å². The number of aromatic nitrogens is 6. The lowest BCUT2D eigenvalue weighted by molar-refractivity contribution is -0.120. The van der Waals surface area contributed by atoms with Crippen LogP contribution < -0.4 is 10.2 Å². The zero-order chi connectivity index (χ0) is 17.8. The zero-order valence-electron chi connectivity index (χ0n) is 14.1. The van der Waals surface area contributed by atoms with Crippen molar-refractivity contribution in [3.8, 4) is 5.82 Å². The summed E-state index contributed by atoms with van der Waals surface area (Å²) < 4.78 is 1.79. The van der Waals surface area contributed by atoms with Gasteiger partial charge in [-0.1, -0.05) is 0 Å². The van der Waals surface area contributed by atoms with Crippen molar-refractivity contribution in [3.05, 3.63) is 49.3 Å². The summed E-state index contributed by atoms with van der Waals surface area (Å²) in [4.78, 5) is 26.7. The van der Waals surface area contributed by atoms with Crippen LogP contribution in [0.25, 0.3) is 5.82 Å². The minimum atomic E-state index is -0.136. The van der Waals surface area contributed by atoms with Crippen molar-refractivity contribution in [2.24, 2.45) is 5.92 Å². The van der Waals surface area contributed by atoms with E-state index in [0.717, 1.165) is 25.2 Å². The van der Waals surface area contributed by atoms with Crippen LogP contribution in [0.2, 0.25) is 0 Å². The van der Waals surface area contributed by atoms with Gasteiger partial charge in [-0.15, -0.1) is 10.2 Å². The number of anilines is 2. The van der Waals surface area contributed by atoms with E-state index in [9.17, 15) is 4.79 Å².